The molecule has 2 saturated heterocycles. The van der Waals surface area contributed by atoms with Crippen LogP contribution >= 0.6 is 24.0 Å². The van der Waals surface area contributed by atoms with Crippen molar-refractivity contribution < 1.29 is 9.47 Å². The summed E-state index contributed by atoms with van der Waals surface area (Å²) >= 11 is 0. The fourth-order valence-corrected chi connectivity index (χ4v) is 4.51. The molecule has 0 atom stereocenters. The highest BCUT2D eigenvalue weighted by molar-refractivity contribution is 14.0. The molecule has 0 amide bonds. The number of benzene rings is 1. The predicted molar refractivity (Wildman–Crippen MR) is 147 cm³/mol. The van der Waals surface area contributed by atoms with E-state index in [-0.39, 0.29) is 24.0 Å². The fraction of sp³-hybridized carbons (Fsp3) is 0.731. The van der Waals surface area contributed by atoms with Gasteiger partial charge in [0.05, 0.1) is 12.6 Å². The second kappa shape index (κ2) is 15.9. The molecule has 2 fully saturated rings. The summed E-state index contributed by atoms with van der Waals surface area (Å²) in [6, 6.07) is 9.05. The highest BCUT2D eigenvalue weighted by Gasteiger charge is 2.22. The van der Waals surface area contributed by atoms with Gasteiger partial charge in [0.1, 0.15) is 0 Å². The molecule has 33 heavy (non-hydrogen) atoms. The van der Waals surface area contributed by atoms with Crippen LogP contribution in [0.1, 0.15) is 57.1 Å². The van der Waals surface area contributed by atoms with Gasteiger partial charge in [-0.15, -0.1) is 24.0 Å². The molecule has 7 heteroatoms. The minimum atomic E-state index is 0. The lowest BCUT2D eigenvalue weighted by Crippen LogP contribution is -2.47. The maximum absolute atomic E-state index is 6.00. The van der Waals surface area contributed by atoms with Crippen molar-refractivity contribution in [3.63, 3.8) is 0 Å². The van der Waals surface area contributed by atoms with Gasteiger partial charge in [0.15, 0.2) is 5.96 Å². The Morgan fingerprint density at radius 2 is 1.67 bits per heavy atom. The number of hydrogen-bond acceptors (Lipinski definition) is 4. The molecular weight excluding hydrogens is 527 g/mol. The van der Waals surface area contributed by atoms with Crippen molar-refractivity contribution in [1.29, 1.82) is 0 Å². The summed E-state index contributed by atoms with van der Waals surface area (Å²) in [7, 11) is 1.74. The highest BCUT2D eigenvalue weighted by atomic mass is 127. The van der Waals surface area contributed by atoms with Gasteiger partial charge in [-0.1, -0.05) is 31.2 Å². The Bertz CT molecular complexity index is 669. The topological polar surface area (TPSA) is 49.3 Å². The molecule has 0 bridgehead atoms. The van der Waals surface area contributed by atoms with Crippen molar-refractivity contribution in [3.05, 3.63) is 35.4 Å². The molecule has 1 N–H and O–H groups in total. The Kier molecular flexibility index (Phi) is 13.7. The van der Waals surface area contributed by atoms with Gasteiger partial charge in [-0.2, -0.15) is 0 Å². The fourth-order valence-electron chi connectivity index (χ4n) is 4.51. The Balaban J connectivity index is 0.00000385. The van der Waals surface area contributed by atoms with Crippen LogP contribution in [0.3, 0.4) is 0 Å². The summed E-state index contributed by atoms with van der Waals surface area (Å²) < 4.78 is 11.1. The van der Waals surface area contributed by atoms with E-state index in [2.05, 4.69) is 53.2 Å². The lowest BCUT2D eigenvalue weighted by Gasteiger charge is -2.34. The number of ether oxygens (including phenoxy) is 2. The maximum Gasteiger partial charge on any atom is 0.194 e. The first kappa shape index (κ1) is 28.3. The third-order valence-corrected chi connectivity index (χ3v) is 6.64. The first-order chi connectivity index (χ1) is 15.7. The van der Waals surface area contributed by atoms with Crippen molar-refractivity contribution in [2.24, 2.45) is 10.9 Å². The minimum absolute atomic E-state index is 0. The van der Waals surface area contributed by atoms with Gasteiger partial charge in [0.2, 0.25) is 0 Å². The molecular formula is C26H45IN4O2. The van der Waals surface area contributed by atoms with E-state index in [9.17, 15) is 0 Å². The molecule has 0 radical (unpaired) electrons. The van der Waals surface area contributed by atoms with E-state index < -0.39 is 0 Å². The molecule has 1 aromatic rings. The van der Waals surface area contributed by atoms with Gasteiger partial charge in [0, 0.05) is 46.5 Å². The molecule has 2 aliphatic heterocycles. The van der Waals surface area contributed by atoms with Crippen molar-refractivity contribution in [1.82, 2.24) is 15.1 Å². The number of hydrogen-bond donors (Lipinski definition) is 1. The highest BCUT2D eigenvalue weighted by Crippen LogP contribution is 2.19. The number of nitrogens with zero attached hydrogens (tertiary/aromatic N) is 3. The van der Waals surface area contributed by atoms with Gasteiger partial charge in [-0.25, -0.2) is 4.99 Å². The third kappa shape index (κ3) is 10.1. The van der Waals surface area contributed by atoms with Gasteiger partial charge in [-0.3, -0.25) is 4.90 Å². The molecule has 188 valence electrons. The zero-order chi connectivity index (χ0) is 22.6. The van der Waals surface area contributed by atoms with Gasteiger partial charge in [0.25, 0.3) is 0 Å². The van der Waals surface area contributed by atoms with Crippen molar-refractivity contribution in [2.45, 2.75) is 65.1 Å². The first-order valence-electron chi connectivity index (χ1n) is 12.6. The summed E-state index contributed by atoms with van der Waals surface area (Å²) in [5.41, 5.74) is 2.68. The molecule has 0 saturated carbocycles. The van der Waals surface area contributed by atoms with Crippen molar-refractivity contribution >= 4 is 29.9 Å². The van der Waals surface area contributed by atoms with E-state index >= 15 is 0 Å². The van der Waals surface area contributed by atoms with Crippen LogP contribution in [0.2, 0.25) is 0 Å². The number of likely N-dealkylation sites (tertiary alicyclic amines) is 2. The standard InChI is InChI=1S/C26H44N4O2.HI/c1-4-27-26(30-16-12-25(13-17-30)32-19-5-18-31-3)28-20-23-6-8-24(9-7-23)21-29-14-10-22(2)11-15-29;/h6-9,22,25H,4-5,10-21H2,1-3H3,(H,27,28);1H. The Morgan fingerprint density at radius 3 is 2.30 bits per heavy atom. The van der Waals surface area contributed by atoms with E-state index in [0.29, 0.717) is 6.10 Å². The van der Waals surface area contributed by atoms with Gasteiger partial charge < -0.3 is 19.7 Å². The van der Waals surface area contributed by atoms with E-state index in [1.165, 1.54) is 37.1 Å². The zero-order valence-electron chi connectivity index (χ0n) is 20.9. The molecule has 1 aromatic carbocycles. The van der Waals surface area contributed by atoms with E-state index in [4.69, 9.17) is 14.5 Å². The normalized spacial score (nSPS) is 18.9. The number of nitrogens with one attached hydrogen (secondary N) is 1. The number of halogens is 1. The largest absolute Gasteiger partial charge is 0.385 e. The lowest BCUT2D eigenvalue weighted by atomic mass is 9.99. The summed E-state index contributed by atoms with van der Waals surface area (Å²) in [5, 5.41) is 3.48. The zero-order valence-corrected chi connectivity index (χ0v) is 23.3. The average molecular weight is 573 g/mol. The molecule has 0 spiro atoms. The number of guanidine groups is 1. The molecule has 0 aromatic heterocycles. The van der Waals surface area contributed by atoms with Crippen LogP contribution in [0.4, 0.5) is 0 Å². The Labute approximate surface area is 218 Å². The van der Waals surface area contributed by atoms with Crippen LogP contribution < -0.4 is 5.32 Å². The molecule has 3 rings (SSSR count). The molecule has 2 aliphatic rings. The first-order valence-corrected chi connectivity index (χ1v) is 12.6. The summed E-state index contributed by atoms with van der Waals surface area (Å²) in [6.07, 6.45) is 6.11. The van der Waals surface area contributed by atoms with E-state index in [1.807, 2.05) is 0 Å². The van der Waals surface area contributed by atoms with Crippen molar-refractivity contribution in [3.8, 4) is 0 Å². The van der Waals surface area contributed by atoms with Crippen LogP contribution in [0.5, 0.6) is 0 Å². The maximum atomic E-state index is 6.00. The Hall–Kier alpha value is -0.900. The molecule has 2 heterocycles. The monoisotopic (exact) mass is 572 g/mol. The van der Waals surface area contributed by atoms with Gasteiger partial charge >= 0.3 is 0 Å². The number of piperidine rings is 2. The quantitative estimate of drug-likeness (QED) is 0.194. The van der Waals surface area contributed by atoms with Crippen molar-refractivity contribution in [2.75, 3.05) is 53.0 Å². The third-order valence-electron chi connectivity index (χ3n) is 6.64. The van der Waals surface area contributed by atoms with Gasteiger partial charge in [-0.05, 0) is 69.2 Å². The predicted octanol–water partition coefficient (Wildman–Crippen LogP) is 4.52. The molecule has 6 nitrogen and oxygen atoms in total. The summed E-state index contributed by atoms with van der Waals surface area (Å²) in [5.74, 6) is 1.91. The van der Waals surface area contributed by atoms with E-state index in [0.717, 1.165) is 77.1 Å². The lowest BCUT2D eigenvalue weighted by molar-refractivity contribution is 0.00990. The van der Waals surface area contributed by atoms with Crippen LogP contribution in [-0.2, 0) is 22.6 Å². The average Bonchev–Trinajstić information content (AvgIpc) is 2.82. The second-order valence-electron chi connectivity index (χ2n) is 9.35. The molecule has 0 unspecified atom stereocenters. The number of aliphatic imine (C=N–C) groups is 1. The SMILES string of the molecule is CCNC(=NCc1ccc(CN2CCC(C)CC2)cc1)N1CCC(OCCCOC)CC1.I. The van der Waals surface area contributed by atoms with Crippen LogP contribution in [0, 0.1) is 5.92 Å². The van der Waals surface area contributed by atoms with E-state index in [1.54, 1.807) is 7.11 Å². The second-order valence-corrected chi connectivity index (χ2v) is 9.35. The van der Waals surface area contributed by atoms with Crippen LogP contribution in [0.25, 0.3) is 0 Å². The number of methoxy groups -OCH3 is 1. The smallest absolute Gasteiger partial charge is 0.194 e. The van der Waals surface area contributed by atoms with Crippen LogP contribution in [0.15, 0.2) is 29.3 Å². The molecule has 0 aliphatic carbocycles. The minimum Gasteiger partial charge on any atom is -0.385 e. The van der Waals surface area contributed by atoms with Crippen LogP contribution in [-0.4, -0.2) is 74.9 Å². The number of rotatable bonds is 10. The Morgan fingerprint density at radius 1 is 1.00 bits per heavy atom. The summed E-state index contributed by atoms with van der Waals surface area (Å²) in [6.45, 7) is 13.2. The summed E-state index contributed by atoms with van der Waals surface area (Å²) in [4.78, 5) is 9.90.